The molecule has 0 radical (unpaired) electrons. The average molecular weight is 282 g/mol. The lowest BCUT2D eigenvalue weighted by Crippen LogP contribution is -1.92. The SMILES string of the molecule is CC(C)c1noc(-c2cccc(Br)c2N)n1. The molecule has 16 heavy (non-hydrogen) atoms. The van der Waals surface area contributed by atoms with Crippen molar-refractivity contribution in [3.8, 4) is 11.5 Å². The van der Waals surface area contributed by atoms with Crippen molar-refractivity contribution in [1.82, 2.24) is 10.1 Å². The molecule has 0 saturated carbocycles. The summed E-state index contributed by atoms with van der Waals surface area (Å²) in [5.41, 5.74) is 7.30. The Bertz CT molecular complexity index is 508. The zero-order chi connectivity index (χ0) is 11.7. The molecule has 0 unspecified atom stereocenters. The highest BCUT2D eigenvalue weighted by Gasteiger charge is 2.14. The van der Waals surface area contributed by atoms with Gasteiger partial charge >= 0.3 is 0 Å². The van der Waals surface area contributed by atoms with Crippen LogP contribution in [0.5, 0.6) is 0 Å². The fraction of sp³-hybridized carbons (Fsp3) is 0.273. The maximum absolute atomic E-state index is 5.93. The summed E-state index contributed by atoms with van der Waals surface area (Å²) in [6, 6.07) is 5.62. The van der Waals surface area contributed by atoms with Crippen LogP contribution in [-0.2, 0) is 0 Å². The van der Waals surface area contributed by atoms with Crippen LogP contribution in [-0.4, -0.2) is 10.1 Å². The van der Waals surface area contributed by atoms with E-state index in [1.165, 1.54) is 0 Å². The predicted octanol–water partition coefficient (Wildman–Crippen LogP) is 3.20. The molecule has 4 nitrogen and oxygen atoms in total. The number of rotatable bonds is 2. The molecule has 0 bridgehead atoms. The van der Waals surface area contributed by atoms with Gasteiger partial charge in [-0.05, 0) is 28.1 Å². The molecule has 84 valence electrons. The van der Waals surface area contributed by atoms with Gasteiger partial charge in [-0.1, -0.05) is 25.1 Å². The van der Waals surface area contributed by atoms with Crippen LogP contribution in [0.15, 0.2) is 27.2 Å². The van der Waals surface area contributed by atoms with Crippen molar-refractivity contribution in [3.63, 3.8) is 0 Å². The minimum atomic E-state index is 0.242. The van der Waals surface area contributed by atoms with Crippen molar-refractivity contribution >= 4 is 21.6 Å². The third-order valence-electron chi connectivity index (χ3n) is 2.24. The number of benzene rings is 1. The molecule has 0 atom stereocenters. The highest BCUT2D eigenvalue weighted by Crippen LogP contribution is 2.31. The van der Waals surface area contributed by atoms with Crippen LogP contribution in [0, 0.1) is 0 Å². The number of para-hydroxylation sites is 1. The van der Waals surface area contributed by atoms with Crippen LogP contribution >= 0.6 is 15.9 Å². The molecule has 1 aromatic heterocycles. The molecule has 2 aromatic rings. The van der Waals surface area contributed by atoms with E-state index in [9.17, 15) is 0 Å². The Kier molecular flexibility index (Phi) is 2.96. The van der Waals surface area contributed by atoms with Gasteiger partial charge in [-0.25, -0.2) is 0 Å². The Morgan fingerprint density at radius 2 is 2.12 bits per heavy atom. The molecule has 0 spiro atoms. The number of halogens is 1. The number of nitrogens with two attached hydrogens (primary N) is 1. The van der Waals surface area contributed by atoms with E-state index in [1.807, 2.05) is 32.0 Å². The molecule has 0 saturated heterocycles. The summed E-state index contributed by atoms with van der Waals surface area (Å²) < 4.78 is 6.01. The van der Waals surface area contributed by atoms with Crippen molar-refractivity contribution in [2.75, 3.05) is 5.73 Å². The first-order valence-electron chi connectivity index (χ1n) is 4.97. The fourth-order valence-electron chi connectivity index (χ4n) is 1.30. The first kappa shape index (κ1) is 11.1. The van der Waals surface area contributed by atoms with Gasteiger partial charge in [0.2, 0.25) is 0 Å². The van der Waals surface area contributed by atoms with Gasteiger partial charge < -0.3 is 10.3 Å². The molecule has 0 aliphatic heterocycles. The third-order valence-corrected chi connectivity index (χ3v) is 2.93. The van der Waals surface area contributed by atoms with Crippen LogP contribution in [0.25, 0.3) is 11.5 Å². The highest BCUT2D eigenvalue weighted by molar-refractivity contribution is 9.10. The predicted molar refractivity (Wildman–Crippen MR) is 65.9 cm³/mol. The number of hydrogen-bond donors (Lipinski definition) is 1. The van der Waals surface area contributed by atoms with Gasteiger partial charge in [0.25, 0.3) is 5.89 Å². The van der Waals surface area contributed by atoms with Gasteiger partial charge in [-0.15, -0.1) is 0 Å². The van der Waals surface area contributed by atoms with Crippen LogP contribution in [0.2, 0.25) is 0 Å². The zero-order valence-electron chi connectivity index (χ0n) is 9.07. The molecule has 0 aliphatic rings. The number of nitrogens with zero attached hydrogens (tertiary/aromatic N) is 2. The molecule has 0 fully saturated rings. The quantitative estimate of drug-likeness (QED) is 0.859. The molecular formula is C11H12BrN3O. The van der Waals surface area contributed by atoms with Gasteiger partial charge in [0.05, 0.1) is 11.3 Å². The van der Waals surface area contributed by atoms with Gasteiger partial charge in [0, 0.05) is 10.4 Å². The van der Waals surface area contributed by atoms with E-state index in [-0.39, 0.29) is 5.92 Å². The second kappa shape index (κ2) is 4.25. The molecule has 2 N–H and O–H groups in total. The largest absolute Gasteiger partial charge is 0.397 e. The van der Waals surface area contributed by atoms with Gasteiger partial charge in [-0.2, -0.15) is 4.98 Å². The molecule has 2 rings (SSSR count). The molecule has 0 aliphatic carbocycles. The number of anilines is 1. The lowest BCUT2D eigenvalue weighted by Gasteiger charge is -2.01. The summed E-state index contributed by atoms with van der Waals surface area (Å²) in [7, 11) is 0. The maximum atomic E-state index is 5.93. The van der Waals surface area contributed by atoms with E-state index >= 15 is 0 Å². The second-order valence-corrected chi connectivity index (χ2v) is 4.67. The minimum absolute atomic E-state index is 0.242. The zero-order valence-corrected chi connectivity index (χ0v) is 10.7. The summed E-state index contributed by atoms with van der Waals surface area (Å²) in [5, 5.41) is 3.91. The monoisotopic (exact) mass is 281 g/mol. The van der Waals surface area contributed by atoms with Crippen LogP contribution in [0.3, 0.4) is 0 Å². The average Bonchev–Trinajstić information content (AvgIpc) is 2.71. The Balaban J connectivity index is 2.47. The third kappa shape index (κ3) is 1.95. The number of nitrogen functional groups attached to an aromatic ring is 1. The Morgan fingerprint density at radius 1 is 1.38 bits per heavy atom. The number of hydrogen-bond acceptors (Lipinski definition) is 4. The van der Waals surface area contributed by atoms with E-state index in [4.69, 9.17) is 10.3 Å². The van der Waals surface area contributed by atoms with Crippen LogP contribution in [0.1, 0.15) is 25.6 Å². The van der Waals surface area contributed by atoms with Crippen LogP contribution in [0.4, 0.5) is 5.69 Å². The molecule has 0 amide bonds. The summed E-state index contributed by atoms with van der Waals surface area (Å²) in [5.74, 6) is 1.39. The summed E-state index contributed by atoms with van der Waals surface area (Å²) in [4.78, 5) is 4.30. The van der Waals surface area contributed by atoms with Crippen molar-refractivity contribution in [2.45, 2.75) is 19.8 Å². The second-order valence-electron chi connectivity index (χ2n) is 3.81. The maximum Gasteiger partial charge on any atom is 0.260 e. The lowest BCUT2D eigenvalue weighted by atomic mass is 10.2. The van der Waals surface area contributed by atoms with Gasteiger partial charge in [0.1, 0.15) is 0 Å². The Morgan fingerprint density at radius 3 is 2.75 bits per heavy atom. The first-order chi connectivity index (χ1) is 7.59. The molecule has 1 aromatic carbocycles. The lowest BCUT2D eigenvalue weighted by molar-refractivity contribution is 0.419. The van der Waals surface area contributed by atoms with Crippen molar-refractivity contribution < 1.29 is 4.52 Å². The Hall–Kier alpha value is -1.36. The van der Waals surface area contributed by atoms with Crippen LogP contribution < -0.4 is 5.73 Å². The van der Waals surface area contributed by atoms with E-state index in [2.05, 4.69) is 26.1 Å². The smallest absolute Gasteiger partial charge is 0.260 e. The molecule has 5 heteroatoms. The van der Waals surface area contributed by atoms with E-state index in [0.29, 0.717) is 17.4 Å². The van der Waals surface area contributed by atoms with Crippen molar-refractivity contribution in [2.24, 2.45) is 0 Å². The highest BCUT2D eigenvalue weighted by atomic mass is 79.9. The van der Waals surface area contributed by atoms with Crippen molar-refractivity contribution in [3.05, 3.63) is 28.5 Å². The van der Waals surface area contributed by atoms with Crippen molar-refractivity contribution in [1.29, 1.82) is 0 Å². The normalized spacial score (nSPS) is 11.0. The Labute approximate surface area is 102 Å². The van der Waals surface area contributed by atoms with Gasteiger partial charge in [-0.3, -0.25) is 0 Å². The summed E-state index contributed by atoms with van der Waals surface area (Å²) >= 11 is 3.36. The summed E-state index contributed by atoms with van der Waals surface area (Å²) in [6.07, 6.45) is 0. The molecule has 1 heterocycles. The minimum Gasteiger partial charge on any atom is -0.397 e. The van der Waals surface area contributed by atoms with E-state index < -0.39 is 0 Å². The summed E-state index contributed by atoms with van der Waals surface area (Å²) in [6.45, 7) is 4.03. The topological polar surface area (TPSA) is 64.9 Å². The van der Waals surface area contributed by atoms with E-state index in [1.54, 1.807) is 0 Å². The number of aromatic nitrogens is 2. The van der Waals surface area contributed by atoms with Gasteiger partial charge in [0.15, 0.2) is 5.82 Å². The van der Waals surface area contributed by atoms with E-state index in [0.717, 1.165) is 10.0 Å². The fourth-order valence-corrected chi connectivity index (χ4v) is 1.67. The first-order valence-corrected chi connectivity index (χ1v) is 5.77. The standard InChI is InChI=1S/C11H12BrN3O/c1-6(2)10-14-11(16-15-10)7-4-3-5-8(12)9(7)13/h3-6H,13H2,1-2H3. The molecular weight excluding hydrogens is 270 g/mol.